The monoisotopic (exact) mass is 841 g/mol. The molecule has 1 saturated heterocycles. The number of ether oxygens (including phenoxy) is 3. The molecule has 5 heterocycles. The van der Waals surface area contributed by atoms with E-state index < -0.39 is 0 Å². The molecule has 2 aromatic heterocycles. The lowest BCUT2D eigenvalue weighted by Gasteiger charge is -2.21. The lowest BCUT2D eigenvalue weighted by atomic mass is 9.97. The van der Waals surface area contributed by atoms with Crippen LogP contribution in [0, 0.1) is 9.87 Å². The number of hydrogen-bond acceptors (Lipinski definition) is 12. The van der Waals surface area contributed by atoms with Gasteiger partial charge >= 0.3 is 0 Å². The first-order valence-corrected chi connectivity index (χ1v) is 20.7. The van der Waals surface area contributed by atoms with Gasteiger partial charge in [0.2, 0.25) is 23.6 Å². The maximum Gasteiger partial charge on any atom is 0.244 e. The number of amidine groups is 2. The molecule has 4 N–H and O–H groups in total. The smallest absolute Gasteiger partial charge is 0.244 e. The summed E-state index contributed by atoms with van der Waals surface area (Å²) in [5, 5.41) is 27.3. The van der Waals surface area contributed by atoms with E-state index >= 15 is 0 Å². The molecule has 14 nitrogen and oxygen atoms in total. The quantitative estimate of drug-likeness (QED) is 0.155. The van der Waals surface area contributed by atoms with Crippen LogP contribution in [0.2, 0.25) is 0 Å². The Morgan fingerprint density at radius 3 is 1.95 bits per heavy atom. The van der Waals surface area contributed by atoms with Gasteiger partial charge in [0.25, 0.3) is 0 Å². The summed E-state index contributed by atoms with van der Waals surface area (Å²) in [5.41, 5.74) is 1.61. The summed E-state index contributed by atoms with van der Waals surface area (Å²) in [7, 11) is 0. The van der Waals surface area contributed by atoms with E-state index in [2.05, 4.69) is 35.3 Å². The van der Waals surface area contributed by atoms with Gasteiger partial charge in [-0.1, -0.05) is 23.5 Å². The summed E-state index contributed by atoms with van der Waals surface area (Å²) in [6.45, 7) is 10.0. The Balaban J connectivity index is 0.000000203. The van der Waals surface area contributed by atoms with Gasteiger partial charge in [0.1, 0.15) is 11.5 Å². The number of fused-ring (bicyclic) bond motifs is 2. The number of anilines is 1. The Hall–Kier alpha value is -5.62. The van der Waals surface area contributed by atoms with Gasteiger partial charge in [-0.05, 0) is 98.1 Å². The molecule has 2 aromatic carbocycles. The summed E-state index contributed by atoms with van der Waals surface area (Å²) in [6.07, 6.45) is 10.3. The molecule has 17 heteroatoms. The summed E-state index contributed by atoms with van der Waals surface area (Å²) < 4.78 is 17.4. The van der Waals surface area contributed by atoms with Gasteiger partial charge in [-0.15, -0.1) is 11.3 Å². The van der Waals surface area contributed by atoms with Gasteiger partial charge in [-0.2, -0.15) is 15.0 Å². The predicted molar refractivity (Wildman–Crippen MR) is 229 cm³/mol. The van der Waals surface area contributed by atoms with Crippen molar-refractivity contribution in [1.29, 1.82) is 0 Å². The highest BCUT2D eigenvalue weighted by Crippen LogP contribution is 2.29. The molecule has 3 aliphatic rings. The van der Waals surface area contributed by atoms with E-state index in [-0.39, 0.29) is 23.6 Å². The third kappa shape index (κ3) is 11.3. The first-order chi connectivity index (χ1) is 28.0. The lowest BCUT2D eigenvalue weighted by Crippen LogP contribution is -2.21. The molecule has 3 aliphatic heterocycles. The summed E-state index contributed by atoms with van der Waals surface area (Å²) >= 11 is 7.74. The standard InChI is InChI=1S/C24H28N4O4S.C17H15N3O3S2/c1-3-32-20-14-22(26-15(2)29)27-19-5-4-17(12-18(19)20)13-21-23(30)28-24(33-21)25-9-6-16-7-10-31-11-8-16;1-3-23-13-8-15(18-9(2)21)19-12-5-4-10(6-11(12)13)7-14-16(22)20-17(24)25-14/h4-5,12-14,16,30H,3,6-11H2,1-2H3,(H,25,28);4-8,22H,3H2,1-2H3,(H,20,24). The van der Waals surface area contributed by atoms with Crippen molar-refractivity contribution in [1.82, 2.24) is 9.97 Å². The zero-order valence-corrected chi connectivity index (χ0v) is 34.9. The molecular weight excluding hydrogens is 799 g/mol. The second-order valence-electron chi connectivity index (χ2n) is 13.1. The van der Waals surface area contributed by atoms with Crippen LogP contribution in [0.1, 0.15) is 67.8 Å². The Morgan fingerprint density at radius 2 is 1.45 bits per heavy atom. The number of aromatic amines is 1. The highest BCUT2D eigenvalue weighted by Gasteiger charge is 2.17. The minimum absolute atomic E-state index is 0.00688. The number of carbonyl (C=O) groups excluding carboxylic acids is 2. The number of hydrogen-bond donors (Lipinski definition) is 4. The van der Waals surface area contributed by atoms with Crippen molar-refractivity contribution in [3.8, 4) is 11.8 Å². The van der Waals surface area contributed by atoms with Crippen molar-refractivity contribution < 1.29 is 34.0 Å². The Labute approximate surface area is 347 Å². The zero-order chi connectivity index (χ0) is 41.2. The molecule has 0 spiro atoms. The van der Waals surface area contributed by atoms with Crippen molar-refractivity contribution in [3.05, 3.63) is 94.5 Å². The Kier molecular flexibility index (Phi) is 14.3. The van der Waals surface area contributed by atoms with Gasteiger partial charge in [0, 0.05) is 56.9 Å². The van der Waals surface area contributed by atoms with Gasteiger partial charge < -0.3 is 34.7 Å². The van der Waals surface area contributed by atoms with Crippen LogP contribution in [0.4, 0.5) is 5.13 Å². The molecule has 7 rings (SSSR count). The minimum atomic E-state index is -0.316. The molecule has 0 radical (unpaired) electrons. The van der Waals surface area contributed by atoms with Crippen molar-refractivity contribution in [2.75, 3.05) is 38.3 Å². The molecule has 302 valence electrons. The molecule has 2 amide bonds. The van der Waals surface area contributed by atoms with E-state index in [0.29, 0.717) is 71.9 Å². The predicted octanol–water partition coefficient (Wildman–Crippen LogP) is 5.16. The maximum absolute atomic E-state index is 11.4. The minimum Gasteiger partial charge on any atom is -0.494 e. The molecule has 0 saturated carbocycles. The highest BCUT2D eigenvalue weighted by molar-refractivity contribution is 7.73. The molecule has 58 heavy (non-hydrogen) atoms. The van der Waals surface area contributed by atoms with Crippen LogP contribution in [-0.4, -0.2) is 76.6 Å². The fourth-order valence-electron chi connectivity index (χ4n) is 6.21. The van der Waals surface area contributed by atoms with Crippen molar-refractivity contribution in [2.45, 2.75) is 47.0 Å². The first kappa shape index (κ1) is 42.0. The number of aliphatic imine (C=N–C) groups is 2. The van der Waals surface area contributed by atoms with E-state index in [0.717, 1.165) is 60.6 Å². The van der Waals surface area contributed by atoms with Crippen LogP contribution >= 0.6 is 34.9 Å². The number of benzene rings is 2. The van der Waals surface area contributed by atoms with Crippen LogP contribution < -0.4 is 26.5 Å². The van der Waals surface area contributed by atoms with Gasteiger partial charge in [-0.25, -0.2) is 9.98 Å². The maximum atomic E-state index is 11.4. The van der Waals surface area contributed by atoms with Crippen molar-refractivity contribution >= 4 is 87.2 Å². The number of thiazole rings is 2. The lowest BCUT2D eigenvalue weighted by molar-refractivity contribution is -0.116. The number of carbonyl (C=O) groups is 2. The van der Waals surface area contributed by atoms with Crippen LogP contribution in [-0.2, 0) is 23.8 Å². The number of aromatic hydroxyl groups is 2. The average Bonchev–Trinajstić information content (AvgIpc) is 3.69. The SMILES string of the molecule is CCOC1=CC(=NC(C)=O)N=c2ccc(=Cc3sc(=S)[nH]c3O)cc21.CCOC1=CC(=NC(C)=O)N=c2ccc(=Cc3sc(NCCC4CCOCC4)nc3O)cc21. The van der Waals surface area contributed by atoms with Crippen molar-refractivity contribution in [2.24, 2.45) is 25.9 Å². The Morgan fingerprint density at radius 1 is 0.897 bits per heavy atom. The largest absolute Gasteiger partial charge is 0.494 e. The van der Waals surface area contributed by atoms with Crippen molar-refractivity contribution in [3.63, 3.8) is 0 Å². The molecule has 0 atom stereocenters. The van der Waals surface area contributed by atoms with Crippen LogP contribution in [0.3, 0.4) is 0 Å². The van der Waals surface area contributed by atoms with Crippen LogP contribution in [0.15, 0.2) is 68.5 Å². The van der Waals surface area contributed by atoms with Gasteiger partial charge in [-0.3, -0.25) is 9.59 Å². The number of nitrogens with zero attached hydrogens (tertiary/aromatic N) is 5. The second-order valence-corrected chi connectivity index (χ2v) is 15.9. The van der Waals surface area contributed by atoms with E-state index in [1.54, 1.807) is 12.2 Å². The van der Waals surface area contributed by atoms with Gasteiger partial charge in [0.05, 0.1) is 33.7 Å². The Bertz CT molecular complexity index is 2630. The van der Waals surface area contributed by atoms with Gasteiger partial charge in [0.15, 0.2) is 20.8 Å². The third-order valence-electron chi connectivity index (χ3n) is 8.76. The number of aromatic nitrogens is 2. The molecule has 4 aromatic rings. The van der Waals surface area contributed by atoms with E-state index in [4.69, 9.17) is 26.4 Å². The molecule has 1 fully saturated rings. The summed E-state index contributed by atoms with van der Waals surface area (Å²) in [5.74, 6) is 1.97. The van der Waals surface area contributed by atoms with E-state index in [9.17, 15) is 19.8 Å². The first-order valence-electron chi connectivity index (χ1n) is 18.7. The summed E-state index contributed by atoms with van der Waals surface area (Å²) in [6, 6.07) is 11.3. The molecule has 0 unspecified atom stereocenters. The third-order valence-corrected chi connectivity index (χ3v) is 10.9. The average molecular weight is 842 g/mol. The molecular formula is C41H43N7O7S3. The zero-order valence-electron chi connectivity index (χ0n) is 32.4. The normalized spacial score (nSPS) is 16.9. The highest BCUT2D eigenvalue weighted by atomic mass is 32.1. The van der Waals surface area contributed by atoms with E-state index in [1.807, 2.05) is 62.4 Å². The van der Waals surface area contributed by atoms with Crippen LogP contribution in [0.25, 0.3) is 23.7 Å². The fourth-order valence-corrected chi connectivity index (χ4v) is 8.11. The number of rotatable bonds is 10. The number of H-pyrrole nitrogens is 1. The number of amides is 2. The van der Waals surface area contributed by atoms with Crippen LogP contribution in [0.5, 0.6) is 11.8 Å². The number of nitrogens with one attached hydrogen (secondary N) is 2. The topological polar surface area (TPSA) is 192 Å². The summed E-state index contributed by atoms with van der Waals surface area (Å²) in [4.78, 5) is 47.5. The molecule has 0 bridgehead atoms. The second kappa shape index (κ2) is 19.7. The van der Waals surface area contributed by atoms with E-state index in [1.165, 1.54) is 36.5 Å². The molecule has 0 aliphatic carbocycles. The fraction of sp³-hybridized carbons (Fsp3) is 0.317.